The smallest absolute Gasteiger partial charge is 0.308 e. The van der Waals surface area contributed by atoms with Gasteiger partial charge >= 0.3 is 5.97 Å². The van der Waals surface area contributed by atoms with Gasteiger partial charge in [0, 0.05) is 19.0 Å². The van der Waals surface area contributed by atoms with E-state index >= 15 is 0 Å². The Morgan fingerprint density at radius 3 is 2.33 bits per heavy atom. The summed E-state index contributed by atoms with van der Waals surface area (Å²) in [6.07, 6.45) is 8.83. The van der Waals surface area contributed by atoms with E-state index in [2.05, 4.69) is 0 Å². The monoisotopic (exact) mass is 297 g/mol. The molecule has 0 aromatic rings. The van der Waals surface area contributed by atoms with Gasteiger partial charge in [0.1, 0.15) is 0 Å². The Morgan fingerprint density at radius 1 is 1.19 bits per heavy atom. The lowest BCUT2D eigenvalue weighted by Crippen LogP contribution is -2.42. The van der Waals surface area contributed by atoms with E-state index in [4.69, 9.17) is 5.11 Å². The zero-order valence-electron chi connectivity index (χ0n) is 13.8. The maximum Gasteiger partial charge on any atom is 0.308 e. The number of carbonyl (C=O) groups excluding carboxylic acids is 1. The van der Waals surface area contributed by atoms with Crippen LogP contribution in [0.1, 0.15) is 72.1 Å². The van der Waals surface area contributed by atoms with Gasteiger partial charge in [-0.2, -0.15) is 0 Å². The largest absolute Gasteiger partial charge is 0.481 e. The minimum absolute atomic E-state index is 0.116. The van der Waals surface area contributed by atoms with Crippen molar-refractivity contribution in [2.75, 3.05) is 6.54 Å². The first-order valence-corrected chi connectivity index (χ1v) is 8.48. The lowest BCUT2D eigenvalue weighted by Gasteiger charge is -2.31. The van der Waals surface area contributed by atoms with Crippen molar-refractivity contribution in [3.05, 3.63) is 0 Å². The Bertz CT molecular complexity index is 337. The summed E-state index contributed by atoms with van der Waals surface area (Å²) in [6, 6.07) is 0.116. The number of carboxylic acids is 1. The number of nitrogens with zero attached hydrogens (tertiary/aromatic N) is 1. The van der Waals surface area contributed by atoms with E-state index in [0.717, 1.165) is 12.8 Å². The molecule has 0 bridgehead atoms. The molecule has 0 heterocycles. The molecule has 2 unspecified atom stereocenters. The van der Waals surface area contributed by atoms with Gasteiger partial charge in [-0.25, -0.2) is 0 Å². The molecule has 0 spiro atoms. The fourth-order valence-electron chi connectivity index (χ4n) is 3.07. The summed E-state index contributed by atoms with van der Waals surface area (Å²) in [6.45, 7) is 6.05. The molecule has 0 saturated heterocycles. The van der Waals surface area contributed by atoms with Crippen molar-refractivity contribution < 1.29 is 14.7 Å². The van der Waals surface area contributed by atoms with Gasteiger partial charge in [-0.1, -0.05) is 46.0 Å². The minimum atomic E-state index is -0.830. The molecule has 0 radical (unpaired) electrons. The van der Waals surface area contributed by atoms with Crippen LogP contribution in [0.4, 0.5) is 0 Å². The maximum absolute atomic E-state index is 12.5. The zero-order valence-corrected chi connectivity index (χ0v) is 13.8. The van der Waals surface area contributed by atoms with Crippen LogP contribution in [0.5, 0.6) is 0 Å². The van der Waals surface area contributed by atoms with E-state index < -0.39 is 11.9 Å². The van der Waals surface area contributed by atoms with Crippen LogP contribution in [-0.2, 0) is 9.59 Å². The summed E-state index contributed by atoms with van der Waals surface area (Å²) in [7, 11) is 0. The predicted molar refractivity (Wildman–Crippen MR) is 84.1 cm³/mol. The molecule has 122 valence electrons. The lowest BCUT2D eigenvalue weighted by molar-refractivity contribution is -0.143. The van der Waals surface area contributed by atoms with Gasteiger partial charge in [0.25, 0.3) is 0 Å². The molecule has 1 saturated carbocycles. The topological polar surface area (TPSA) is 57.6 Å². The van der Waals surface area contributed by atoms with Gasteiger partial charge < -0.3 is 10.0 Å². The second-order valence-electron chi connectivity index (χ2n) is 6.59. The van der Waals surface area contributed by atoms with E-state index in [1.165, 1.54) is 32.1 Å². The van der Waals surface area contributed by atoms with Gasteiger partial charge in [-0.15, -0.1) is 0 Å². The molecule has 1 rings (SSSR count). The summed E-state index contributed by atoms with van der Waals surface area (Å²) in [5, 5.41) is 9.06. The van der Waals surface area contributed by atoms with Crippen molar-refractivity contribution in [3.8, 4) is 0 Å². The molecule has 1 fully saturated rings. The van der Waals surface area contributed by atoms with E-state index in [-0.39, 0.29) is 11.9 Å². The molecule has 0 aliphatic heterocycles. The highest BCUT2D eigenvalue weighted by Gasteiger charge is 2.24. The zero-order chi connectivity index (χ0) is 15.8. The van der Waals surface area contributed by atoms with Crippen LogP contribution in [0.15, 0.2) is 0 Å². The number of rotatable bonds is 8. The third-order valence-corrected chi connectivity index (χ3v) is 4.83. The molecule has 4 nitrogen and oxygen atoms in total. The molecule has 4 heteroatoms. The average Bonchev–Trinajstić information content (AvgIpc) is 2.50. The summed E-state index contributed by atoms with van der Waals surface area (Å²) in [5.74, 6) is -0.512. The van der Waals surface area contributed by atoms with Gasteiger partial charge in [0.2, 0.25) is 5.91 Å². The molecule has 1 aliphatic rings. The fourth-order valence-corrected chi connectivity index (χ4v) is 3.07. The normalized spacial score (nSPS) is 19.0. The van der Waals surface area contributed by atoms with E-state index in [0.29, 0.717) is 18.9 Å². The molecule has 2 atom stereocenters. The van der Waals surface area contributed by atoms with Gasteiger partial charge in [0.15, 0.2) is 0 Å². The lowest BCUT2D eigenvalue weighted by atomic mass is 9.86. The maximum atomic E-state index is 12.5. The Morgan fingerprint density at radius 2 is 1.81 bits per heavy atom. The first kappa shape index (κ1) is 18.0. The number of hydrogen-bond acceptors (Lipinski definition) is 2. The summed E-state index contributed by atoms with van der Waals surface area (Å²) in [5.41, 5.74) is 0. The molecule has 0 aromatic carbocycles. The highest BCUT2D eigenvalue weighted by molar-refractivity contribution is 5.77. The van der Waals surface area contributed by atoms with E-state index in [1.54, 1.807) is 11.8 Å². The van der Waals surface area contributed by atoms with Crippen LogP contribution >= 0.6 is 0 Å². The average molecular weight is 297 g/mol. The minimum Gasteiger partial charge on any atom is -0.481 e. The summed E-state index contributed by atoms with van der Waals surface area (Å²) < 4.78 is 0. The van der Waals surface area contributed by atoms with E-state index in [1.807, 2.05) is 13.8 Å². The van der Waals surface area contributed by atoms with Crippen molar-refractivity contribution in [1.29, 1.82) is 0 Å². The first-order chi connectivity index (χ1) is 9.95. The van der Waals surface area contributed by atoms with Crippen LogP contribution < -0.4 is 0 Å². The first-order valence-electron chi connectivity index (χ1n) is 8.48. The van der Waals surface area contributed by atoms with Crippen molar-refractivity contribution in [2.45, 2.75) is 78.2 Å². The third kappa shape index (κ3) is 6.06. The Kier molecular flexibility index (Phi) is 7.76. The number of carboxylic acid groups (broad SMARTS) is 1. The van der Waals surface area contributed by atoms with E-state index in [9.17, 15) is 9.59 Å². The second-order valence-corrected chi connectivity index (χ2v) is 6.59. The molecule has 0 aromatic heterocycles. The Labute approximate surface area is 128 Å². The van der Waals surface area contributed by atoms with Gasteiger partial charge in [0.05, 0.1) is 5.92 Å². The Balaban J connectivity index is 2.51. The number of hydrogen-bond donors (Lipinski definition) is 1. The molecule has 21 heavy (non-hydrogen) atoms. The Hall–Kier alpha value is -1.06. The predicted octanol–water partition coefficient (Wildman–Crippen LogP) is 3.69. The molecule has 1 aliphatic carbocycles. The van der Waals surface area contributed by atoms with Crippen LogP contribution in [0.3, 0.4) is 0 Å². The summed E-state index contributed by atoms with van der Waals surface area (Å²) >= 11 is 0. The van der Waals surface area contributed by atoms with Crippen molar-refractivity contribution in [2.24, 2.45) is 11.8 Å². The van der Waals surface area contributed by atoms with Crippen LogP contribution in [0.2, 0.25) is 0 Å². The SMILES string of the molecule is CCC(C)N(CC(C)C(=O)O)C(=O)CCC1CCCCC1. The number of amides is 1. The molecule has 1 amide bonds. The van der Waals surface area contributed by atoms with Crippen LogP contribution in [0, 0.1) is 11.8 Å². The van der Waals surface area contributed by atoms with Crippen LogP contribution in [0.25, 0.3) is 0 Å². The third-order valence-electron chi connectivity index (χ3n) is 4.83. The number of aliphatic carboxylic acids is 1. The van der Waals surface area contributed by atoms with Crippen molar-refractivity contribution >= 4 is 11.9 Å². The van der Waals surface area contributed by atoms with Crippen molar-refractivity contribution in [3.63, 3.8) is 0 Å². The highest BCUT2D eigenvalue weighted by Crippen LogP contribution is 2.27. The highest BCUT2D eigenvalue weighted by atomic mass is 16.4. The second kappa shape index (κ2) is 9.06. The van der Waals surface area contributed by atoms with Gasteiger partial charge in [-0.05, 0) is 25.7 Å². The quantitative estimate of drug-likeness (QED) is 0.743. The molecular formula is C17H31NO3. The van der Waals surface area contributed by atoms with Crippen molar-refractivity contribution in [1.82, 2.24) is 4.90 Å². The fraction of sp³-hybridized carbons (Fsp3) is 0.882. The van der Waals surface area contributed by atoms with Crippen LogP contribution in [-0.4, -0.2) is 34.5 Å². The van der Waals surface area contributed by atoms with Gasteiger partial charge in [-0.3, -0.25) is 9.59 Å². The standard InChI is InChI=1S/C17H31NO3/c1-4-14(3)18(12-13(2)17(20)21)16(19)11-10-15-8-6-5-7-9-15/h13-15H,4-12H2,1-3H3,(H,20,21). The molecule has 1 N–H and O–H groups in total. The molecular weight excluding hydrogens is 266 g/mol. The summed E-state index contributed by atoms with van der Waals surface area (Å²) in [4.78, 5) is 25.3. The number of carbonyl (C=O) groups is 2.